The van der Waals surface area contributed by atoms with Crippen LogP contribution in [-0.4, -0.2) is 24.4 Å². The van der Waals surface area contributed by atoms with E-state index in [1.165, 1.54) is 25.1 Å². The van der Waals surface area contributed by atoms with Gasteiger partial charge in [0.25, 0.3) is 0 Å². The number of hydrogen-bond donors (Lipinski definition) is 3. The van der Waals surface area contributed by atoms with Gasteiger partial charge in [-0.2, -0.15) is 0 Å². The third kappa shape index (κ3) is 5.54. The number of benzene rings is 1. The highest BCUT2D eigenvalue weighted by molar-refractivity contribution is 5.89. The van der Waals surface area contributed by atoms with Crippen LogP contribution in [0.15, 0.2) is 18.2 Å². The van der Waals surface area contributed by atoms with Gasteiger partial charge in [-0.05, 0) is 49.8 Å². The van der Waals surface area contributed by atoms with Crippen molar-refractivity contribution in [3.05, 3.63) is 24.0 Å². The molecular formula is C17H24FN3O2. The second-order valence-electron chi connectivity index (χ2n) is 6.25. The molecule has 0 atom stereocenters. The molecule has 0 unspecified atom stereocenters. The van der Waals surface area contributed by atoms with Gasteiger partial charge in [0.1, 0.15) is 5.82 Å². The molecule has 23 heavy (non-hydrogen) atoms. The fourth-order valence-electron chi connectivity index (χ4n) is 2.79. The molecule has 1 aliphatic rings. The molecule has 2 amide bonds. The first-order valence-corrected chi connectivity index (χ1v) is 8.04. The zero-order chi connectivity index (χ0) is 16.8. The van der Waals surface area contributed by atoms with Crippen LogP contribution in [0.5, 0.6) is 0 Å². The molecule has 1 aliphatic carbocycles. The third-order valence-corrected chi connectivity index (χ3v) is 4.11. The van der Waals surface area contributed by atoms with E-state index in [0.29, 0.717) is 5.69 Å². The first-order valence-electron chi connectivity index (χ1n) is 8.04. The van der Waals surface area contributed by atoms with Gasteiger partial charge in [0.15, 0.2) is 0 Å². The van der Waals surface area contributed by atoms with E-state index < -0.39 is 5.82 Å². The van der Waals surface area contributed by atoms with Crippen LogP contribution in [0.4, 0.5) is 15.8 Å². The van der Waals surface area contributed by atoms with Crippen LogP contribution in [0.3, 0.4) is 0 Å². The van der Waals surface area contributed by atoms with E-state index in [4.69, 9.17) is 0 Å². The van der Waals surface area contributed by atoms with Gasteiger partial charge in [0.05, 0.1) is 12.2 Å². The monoisotopic (exact) mass is 321 g/mol. The van der Waals surface area contributed by atoms with Crippen LogP contribution in [-0.2, 0) is 9.59 Å². The Morgan fingerprint density at radius 3 is 2.57 bits per heavy atom. The average Bonchev–Trinajstić information content (AvgIpc) is 2.50. The van der Waals surface area contributed by atoms with Crippen molar-refractivity contribution in [2.75, 3.05) is 17.2 Å². The molecule has 0 heterocycles. The Balaban J connectivity index is 1.83. The van der Waals surface area contributed by atoms with Crippen molar-refractivity contribution in [3.8, 4) is 0 Å². The second-order valence-corrected chi connectivity index (χ2v) is 6.25. The number of rotatable bonds is 5. The summed E-state index contributed by atoms with van der Waals surface area (Å²) in [6.45, 7) is 3.68. The molecule has 0 aliphatic heterocycles. The van der Waals surface area contributed by atoms with Crippen LogP contribution in [0.2, 0.25) is 0 Å². The fourth-order valence-corrected chi connectivity index (χ4v) is 2.79. The molecular weight excluding hydrogens is 297 g/mol. The summed E-state index contributed by atoms with van der Waals surface area (Å²) in [6.07, 6.45) is 4.35. The minimum atomic E-state index is -0.508. The van der Waals surface area contributed by atoms with Gasteiger partial charge in [-0.3, -0.25) is 9.59 Å². The van der Waals surface area contributed by atoms with Crippen molar-refractivity contribution >= 4 is 23.2 Å². The average molecular weight is 321 g/mol. The highest BCUT2D eigenvalue weighted by Crippen LogP contribution is 2.23. The lowest BCUT2D eigenvalue weighted by Crippen LogP contribution is -2.40. The SMILES string of the molecule is CC(=O)Nc1cc(NCC(=O)NC2CCC(C)CC2)ccc1F. The third-order valence-electron chi connectivity index (χ3n) is 4.11. The van der Waals surface area contributed by atoms with E-state index in [9.17, 15) is 14.0 Å². The summed E-state index contributed by atoms with van der Waals surface area (Å²) >= 11 is 0. The van der Waals surface area contributed by atoms with Crippen LogP contribution < -0.4 is 16.0 Å². The molecule has 0 aromatic heterocycles. The Morgan fingerprint density at radius 2 is 1.91 bits per heavy atom. The maximum absolute atomic E-state index is 13.5. The number of hydrogen-bond acceptors (Lipinski definition) is 3. The van der Waals surface area contributed by atoms with Gasteiger partial charge in [0, 0.05) is 18.7 Å². The van der Waals surface area contributed by atoms with Gasteiger partial charge >= 0.3 is 0 Å². The zero-order valence-corrected chi connectivity index (χ0v) is 13.6. The number of halogens is 1. The Kier molecular flexibility index (Phi) is 5.96. The Hall–Kier alpha value is -2.11. The van der Waals surface area contributed by atoms with E-state index in [-0.39, 0.29) is 30.1 Å². The lowest BCUT2D eigenvalue weighted by atomic mass is 9.87. The number of nitrogens with one attached hydrogen (secondary N) is 3. The van der Waals surface area contributed by atoms with Crippen molar-refractivity contribution in [3.63, 3.8) is 0 Å². The molecule has 1 fully saturated rings. The summed E-state index contributed by atoms with van der Waals surface area (Å²) in [6, 6.07) is 4.53. The number of anilines is 2. The quantitative estimate of drug-likeness (QED) is 0.781. The Morgan fingerprint density at radius 1 is 1.22 bits per heavy atom. The molecule has 5 nitrogen and oxygen atoms in total. The molecule has 0 bridgehead atoms. The van der Waals surface area contributed by atoms with Crippen LogP contribution >= 0.6 is 0 Å². The summed E-state index contributed by atoms with van der Waals surface area (Å²) in [5.74, 6) is -0.181. The lowest BCUT2D eigenvalue weighted by molar-refractivity contribution is -0.120. The molecule has 0 saturated heterocycles. The highest BCUT2D eigenvalue weighted by atomic mass is 19.1. The number of carbonyl (C=O) groups is 2. The minimum absolute atomic E-state index is 0.0741. The zero-order valence-electron chi connectivity index (χ0n) is 13.6. The predicted octanol–water partition coefficient (Wildman–Crippen LogP) is 2.89. The van der Waals surface area contributed by atoms with Gasteiger partial charge < -0.3 is 16.0 Å². The Bertz CT molecular complexity index is 569. The van der Waals surface area contributed by atoms with Crippen molar-refractivity contribution in [2.45, 2.75) is 45.6 Å². The summed E-state index contributed by atoms with van der Waals surface area (Å²) in [4.78, 5) is 23.0. The van der Waals surface area contributed by atoms with Crippen molar-refractivity contribution in [1.82, 2.24) is 5.32 Å². The van der Waals surface area contributed by atoms with Gasteiger partial charge in [-0.1, -0.05) is 6.92 Å². The lowest BCUT2D eigenvalue weighted by Gasteiger charge is -2.27. The second kappa shape index (κ2) is 7.94. The van der Waals surface area contributed by atoms with E-state index in [0.717, 1.165) is 31.6 Å². The molecule has 1 aromatic rings. The molecule has 2 rings (SSSR count). The first kappa shape index (κ1) is 17.2. The maximum atomic E-state index is 13.5. The van der Waals surface area contributed by atoms with E-state index in [2.05, 4.69) is 22.9 Å². The summed E-state index contributed by atoms with van der Waals surface area (Å²) in [5.41, 5.74) is 0.687. The molecule has 126 valence electrons. The highest BCUT2D eigenvalue weighted by Gasteiger charge is 2.19. The Labute approximate surface area is 136 Å². The normalized spacial score (nSPS) is 20.7. The maximum Gasteiger partial charge on any atom is 0.239 e. The molecule has 6 heteroatoms. The molecule has 0 spiro atoms. The summed E-state index contributed by atoms with van der Waals surface area (Å²) in [7, 11) is 0. The molecule has 3 N–H and O–H groups in total. The summed E-state index contributed by atoms with van der Waals surface area (Å²) in [5, 5.41) is 8.39. The van der Waals surface area contributed by atoms with Crippen molar-refractivity contribution in [2.24, 2.45) is 5.92 Å². The minimum Gasteiger partial charge on any atom is -0.376 e. The standard InChI is InChI=1S/C17H24FN3O2/c1-11-3-5-13(6-4-11)21-17(23)10-19-14-7-8-15(18)16(9-14)20-12(2)22/h7-9,11,13,19H,3-6,10H2,1-2H3,(H,20,22)(H,21,23). The smallest absolute Gasteiger partial charge is 0.239 e. The molecule has 1 saturated carbocycles. The van der Waals surface area contributed by atoms with E-state index >= 15 is 0 Å². The van der Waals surface area contributed by atoms with Crippen LogP contribution in [0.1, 0.15) is 39.5 Å². The fraction of sp³-hybridized carbons (Fsp3) is 0.529. The first-order chi connectivity index (χ1) is 10.9. The number of carbonyl (C=O) groups excluding carboxylic acids is 2. The number of amides is 2. The van der Waals surface area contributed by atoms with Gasteiger partial charge in [-0.25, -0.2) is 4.39 Å². The van der Waals surface area contributed by atoms with Crippen LogP contribution in [0.25, 0.3) is 0 Å². The van der Waals surface area contributed by atoms with Crippen molar-refractivity contribution < 1.29 is 14.0 Å². The predicted molar refractivity (Wildman–Crippen MR) is 88.8 cm³/mol. The van der Waals surface area contributed by atoms with Crippen LogP contribution in [0, 0.1) is 11.7 Å². The topological polar surface area (TPSA) is 70.2 Å². The van der Waals surface area contributed by atoms with E-state index in [1.807, 2.05) is 0 Å². The largest absolute Gasteiger partial charge is 0.376 e. The van der Waals surface area contributed by atoms with Gasteiger partial charge in [0.2, 0.25) is 11.8 Å². The van der Waals surface area contributed by atoms with E-state index in [1.54, 1.807) is 0 Å². The molecule has 0 radical (unpaired) electrons. The van der Waals surface area contributed by atoms with Crippen molar-refractivity contribution in [1.29, 1.82) is 0 Å². The molecule has 1 aromatic carbocycles. The van der Waals surface area contributed by atoms with Gasteiger partial charge in [-0.15, -0.1) is 0 Å². The summed E-state index contributed by atoms with van der Waals surface area (Å²) < 4.78 is 13.5.